The Balaban J connectivity index is 2.75. The van der Waals surface area contributed by atoms with Gasteiger partial charge in [-0.25, -0.2) is 8.42 Å². The molecule has 0 saturated heterocycles. The molecule has 0 atom stereocenters. The summed E-state index contributed by atoms with van der Waals surface area (Å²) in [6, 6.07) is 3.89. The molecular weight excluding hydrogens is 288 g/mol. The number of aryl methyl sites for hydroxylation is 1. The van der Waals surface area contributed by atoms with Gasteiger partial charge in [-0.3, -0.25) is 0 Å². The Kier molecular flexibility index (Phi) is 3.04. The van der Waals surface area contributed by atoms with E-state index < -0.39 is 15.6 Å². The molecule has 92 valence electrons. The molecule has 0 amide bonds. The molecule has 0 bridgehead atoms. The van der Waals surface area contributed by atoms with Crippen LogP contribution >= 0.6 is 23.6 Å². The maximum Gasteiger partial charge on any atom is 0.341 e. The lowest BCUT2D eigenvalue weighted by Crippen LogP contribution is -2.11. The Labute approximate surface area is 105 Å². The van der Waals surface area contributed by atoms with Gasteiger partial charge in [0.25, 0.3) is 0 Å². The highest BCUT2D eigenvalue weighted by Gasteiger charge is 2.26. The van der Waals surface area contributed by atoms with Crippen LogP contribution in [0.15, 0.2) is 23.1 Å². The zero-order valence-corrected chi connectivity index (χ0v) is 11.0. The van der Waals surface area contributed by atoms with Gasteiger partial charge in [0.05, 0.1) is 15.1 Å². The molecule has 0 aliphatic rings. The van der Waals surface area contributed by atoms with Gasteiger partial charge in [-0.1, -0.05) is 0 Å². The predicted octanol–water partition coefficient (Wildman–Crippen LogP) is 2.97. The van der Waals surface area contributed by atoms with E-state index in [1.54, 1.807) is 11.6 Å². The monoisotopic (exact) mass is 295 g/mol. The number of aromatic nitrogens is 1. The van der Waals surface area contributed by atoms with Crippen molar-refractivity contribution in [3.05, 3.63) is 22.2 Å². The zero-order chi connectivity index (χ0) is 12.8. The molecule has 1 aromatic heterocycles. The Morgan fingerprint density at radius 1 is 1.41 bits per heavy atom. The summed E-state index contributed by atoms with van der Waals surface area (Å²) in [7, 11) is -2.89. The number of alkyl halides is 2. The maximum atomic E-state index is 12.4. The fourth-order valence-corrected chi connectivity index (χ4v) is 3.35. The van der Waals surface area contributed by atoms with Crippen LogP contribution in [0.25, 0.3) is 10.2 Å². The summed E-state index contributed by atoms with van der Waals surface area (Å²) in [5, 5.41) is 0. The SMILES string of the molecule is Cn1c(=S)sc2ccc(S(=O)(=O)C(F)F)cc21. The highest BCUT2D eigenvalue weighted by atomic mass is 32.2. The van der Waals surface area contributed by atoms with E-state index in [2.05, 4.69) is 0 Å². The summed E-state index contributed by atoms with van der Waals surface area (Å²) in [6.07, 6.45) is 0. The highest BCUT2D eigenvalue weighted by molar-refractivity contribution is 7.91. The van der Waals surface area contributed by atoms with Crippen LogP contribution < -0.4 is 0 Å². The third-order valence-electron chi connectivity index (χ3n) is 2.33. The van der Waals surface area contributed by atoms with Crippen molar-refractivity contribution in [1.82, 2.24) is 4.57 Å². The fraction of sp³-hybridized carbons (Fsp3) is 0.222. The summed E-state index contributed by atoms with van der Waals surface area (Å²) in [4.78, 5) is -0.386. The Morgan fingerprint density at radius 2 is 2.06 bits per heavy atom. The minimum atomic E-state index is -4.55. The first-order valence-corrected chi connectivity index (χ1v) is 7.23. The summed E-state index contributed by atoms with van der Waals surface area (Å²) < 4.78 is 50.3. The molecule has 2 aromatic rings. The van der Waals surface area contributed by atoms with E-state index in [0.29, 0.717) is 9.47 Å². The number of hydrogen-bond acceptors (Lipinski definition) is 4. The summed E-state index contributed by atoms with van der Waals surface area (Å²) in [5.74, 6) is -3.41. The van der Waals surface area contributed by atoms with Crippen molar-refractivity contribution in [1.29, 1.82) is 0 Å². The van der Waals surface area contributed by atoms with E-state index in [1.165, 1.54) is 29.5 Å². The number of nitrogens with zero attached hydrogens (tertiary/aromatic N) is 1. The molecule has 0 aliphatic carbocycles. The lowest BCUT2D eigenvalue weighted by atomic mass is 10.3. The number of benzene rings is 1. The number of fused-ring (bicyclic) bond motifs is 1. The largest absolute Gasteiger partial charge is 0.341 e. The fourth-order valence-electron chi connectivity index (χ4n) is 1.39. The molecule has 3 nitrogen and oxygen atoms in total. The second kappa shape index (κ2) is 4.11. The van der Waals surface area contributed by atoms with Gasteiger partial charge in [-0.2, -0.15) is 8.78 Å². The molecule has 0 saturated carbocycles. The summed E-state index contributed by atoms with van der Waals surface area (Å²) >= 11 is 6.33. The van der Waals surface area contributed by atoms with E-state index >= 15 is 0 Å². The standard InChI is InChI=1S/C9H7F2NO2S3/c1-12-6-4-5(17(13,14)8(10)11)2-3-7(6)16-9(12)15/h2-4,8H,1H3. The Bertz CT molecular complexity index is 730. The predicted molar refractivity (Wildman–Crippen MR) is 64.8 cm³/mol. The van der Waals surface area contributed by atoms with Crippen LogP contribution in [0.3, 0.4) is 0 Å². The van der Waals surface area contributed by atoms with Gasteiger partial charge >= 0.3 is 5.76 Å². The molecule has 0 spiro atoms. The van der Waals surface area contributed by atoms with Gasteiger partial charge in [-0.15, -0.1) is 11.3 Å². The molecule has 0 unspecified atom stereocenters. The lowest BCUT2D eigenvalue weighted by molar-refractivity contribution is 0.235. The van der Waals surface area contributed by atoms with Gasteiger partial charge in [0.2, 0.25) is 9.84 Å². The molecule has 17 heavy (non-hydrogen) atoms. The second-order valence-corrected chi connectivity index (χ2v) is 6.96. The normalized spacial score (nSPS) is 12.5. The summed E-state index contributed by atoms with van der Waals surface area (Å²) in [6.45, 7) is 0. The Hall–Kier alpha value is -0.860. The van der Waals surface area contributed by atoms with Crippen LogP contribution in [-0.2, 0) is 16.9 Å². The average Bonchev–Trinajstić information content (AvgIpc) is 2.54. The topological polar surface area (TPSA) is 39.1 Å². The first-order chi connectivity index (χ1) is 7.84. The second-order valence-electron chi connectivity index (χ2n) is 3.36. The van der Waals surface area contributed by atoms with Gasteiger partial charge < -0.3 is 4.57 Å². The molecule has 0 radical (unpaired) electrons. The van der Waals surface area contributed by atoms with Crippen molar-refractivity contribution in [2.24, 2.45) is 7.05 Å². The number of sulfone groups is 1. The smallest absolute Gasteiger partial charge is 0.326 e. The van der Waals surface area contributed by atoms with Crippen LogP contribution in [0.5, 0.6) is 0 Å². The molecule has 8 heteroatoms. The van der Waals surface area contributed by atoms with E-state index in [9.17, 15) is 17.2 Å². The zero-order valence-electron chi connectivity index (χ0n) is 8.55. The van der Waals surface area contributed by atoms with Crippen LogP contribution in [0.4, 0.5) is 8.78 Å². The summed E-state index contributed by atoms with van der Waals surface area (Å²) in [5.41, 5.74) is 0.543. The molecule has 1 heterocycles. The average molecular weight is 295 g/mol. The molecule has 0 N–H and O–H groups in total. The quantitative estimate of drug-likeness (QED) is 0.800. The third kappa shape index (κ3) is 2.00. The van der Waals surface area contributed by atoms with Gasteiger partial charge in [-0.05, 0) is 30.4 Å². The number of rotatable bonds is 2. The van der Waals surface area contributed by atoms with Crippen molar-refractivity contribution in [3.63, 3.8) is 0 Å². The number of halogens is 2. The first-order valence-electron chi connectivity index (χ1n) is 4.45. The van der Waals surface area contributed by atoms with E-state index in [4.69, 9.17) is 12.2 Å². The van der Waals surface area contributed by atoms with Crippen molar-refractivity contribution in [3.8, 4) is 0 Å². The van der Waals surface area contributed by atoms with Gasteiger partial charge in [0, 0.05) is 7.05 Å². The van der Waals surface area contributed by atoms with E-state index in [1.807, 2.05) is 0 Å². The minimum Gasteiger partial charge on any atom is -0.326 e. The van der Waals surface area contributed by atoms with Gasteiger partial charge in [0.15, 0.2) is 3.95 Å². The van der Waals surface area contributed by atoms with Crippen LogP contribution in [0.1, 0.15) is 0 Å². The van der Waals surface area contributed by atoms with Crippen LogP contribution in [0, 0.1) is 3.95 Å². The number of thiazole rings is 1. The third-order valence-corrected chi connectivity index (χ3v) is 5.24. The lowest BCUT2D eigenvalue weighted by Gasteiger charge is -2.03. The van der Waals surface area contributed by atoms with Crippen molar-refractivity contribution < 1.29 is 17.2 Å². The number of hydrogen-bond donors (Lipinski definition) is 0. The van der Waals surface area contributed by atoms with Gasteiger partial charge in [0.1, 0.15) is 0 Å². The molecule has 0 aliphatic heterocycles. The molecule has 2 rings (SSSR count). The molecular formula is C9H7F2NO2S3. The molecule has 0 fully saturated rings. The van der Waals surface area contributed by atoms with Crippen molar-refractivity contribution in [2.45, 2.75) is 10.7 Å². The van der Waals surface area contributed by atoms with Crippen LogP contribution in [0.2, 0.25) is 0 Å². The maximum absolute atomic E-state index is 12.4. The van der Waals surface area contributed by atoms with Crippen molar-refractivity contribution in [2.75, 3.05) is 0 Å². The van der Waals surface area contributed by atoms with E-state index in [0.717, 1.165) is 4.70 Å². The van der Waals surface area contributed by atoms with Crippen LogP contribution in [-0.4, -0.2) is 18.7 Å². The molecule has 1 aromatic carbocycles. The minimum absolute atomic E-state index is 0.386. The Morgan fingerprint density at radius 3 is 2.65 bits per heavy atom. The highest BCUT2D eigenvalue weighted by Crippen LogP contribution is 2.27. The van der Waals surface area contributed by atoms with Crippen molar-refractivity contribution >= 4 is 43.6 Å². The van der Waals surface area contributed by atoms with E-state index in [-0.39, 0.29) is 4.90 Å². The first kappa shape index (κ1) is 12.6.